The molecular formula is C18H20BrNO2. The first kappa shape index (κ1) is 16.6. The zero-order valence-electron chi connectivity index (χ0n) is 13.0. The van der Waals surface area contributed by atoms with Crippen LogP contribution in [0.3, 0.4) is 0 Å². The number of halogens is 1. The number of aryl methyl sites for hydroxylation is 1. The first-order chi connectivity index (χ1) is 10.5. The zero-order valence-corrected chi connectivity index (χ0v) is 14.6. The summed E-state index contributed by atoms with van der Waals surface area (Å²) < 4.78 is 6.62. The van der Waals surface area contributed by atoms with Gasteiger partial charge in [0.25, 0.3) is 5.91 Å². The summed E-state index contributed by atoms with van der Waals surface area (Å²) in [4.78, 5) is 12.4. The molecular weight excluding hydrogens is 342 g/mol. The van der Waals surface area contributed by atoms with Crippen molar-refractivity contribution < 1.29 is 9.53 Å². The van der Waals surface area contributed by atoms with Crippen molar-refractivity contribution in [1.82, 2.24) is 0 Å². The fourth-order valence-corrected chi connectivity index (χ4v) is 2.53. The predicted molar refractivity (Wildman–Crippen MR) is 93.7 cm³/mol. The van der Waals surface area contributed by atoms with Gasteiger partial charge in [0.05, 0.1) is 11.8 Å². The van der Waals surface area contributed by atoms with Gasteiger partial charge in [-0.2, -0.15) is 0 Å². The normalized spacial score (nSPS) is 11.8. The largest absolute Gasteiger partial charge is 0.491 e. The average molecular weight is 362 g/mol. The number of hydrogen-bond donors (Lipinski definition) is 1. The molecule has 0 aliphatic heterocycles. The smallest absolute Gasteiger partial charge is 0.255 e. The van der Waals surface area contributed by atoms with Gasteiger partial charge in [-0.3, -0.25) is 4.79 Å². The highest BCUT2D eigenvalue weighted by molar-refractivity contribution is 9.10. The summed E-state index contributed by atoms with van der Waals surface area (Å²) >= 11 is 3.47. The van der Waals surface area contributed by atoms with Crippen molar-refractivity contribution in [1.29, 1.82) is 0 Å². The lowest BCUT2D eigenvalue weighted by molar-refractivity contribution is 0.102. The Morgan fingerprint density at radius 2 is 2.05 bits per heavy atom. The first-order valence-electron chi connectivity index (χ1n) is 7.34. The van der Waals surface area contributed by atoms with Crippen LogP contribution in [0.25, 0.3) is 0 Å². The van der Waals surface area contributed by atoms with Gasteiger partial charge in [0, 0.05) is 10.0 Å². The van der Waals surface area contributed by atoms with Gasteiger partial charge in [-0.25, -0.2) is 0 Å². The second-order valence-electron chi connectivity index (χ2n) is 5.30. The molecule has 3 nitrogen and oxygen atoms in total. The fraction of sp³-hybridized carbons (Fsp3) is 0.278. The Kier molecular flexibility index (Phi) is 5.61. The topological polar surface area (TPSA) is 38.3 Å². The summed E-state index contributed by atoms with van der Waals surface area (Å²) in [6, 6.07) is 13.1. The van der Waals surface area contributed by atoms with E-state index in [2.05, 4.69) is 28.2 Å². The maximum Gasteiger partial charge on any atom is 0.255 e. The molecule has 0 aliphatic rings. The number of carbonyl (C=O) groups excluding carboxylic acids is 1. The van der Waals surface area contributed by atoms with Crippen molar-refractivity contribution in [3.05, 3.63) is 58.1 Å². The van der Waals surface area contributed by atoms with Crippen LogP contribution >= 0.6 is 15.9 Å². The highest BCUT2D eigenvalue weighted by Gasteiger charge is 2.10. The molecule has 2 aromatic rings. The van der Waals surface area contributed by atoms with E-state index in [1.807, 2.05) is 44.2 Å². The Bertz CT molecular complexity index is 670. The summed E-state index contributed by atoms with van der Waals surface area (Å²) in [6.45, 7) is 6.08. The van der Waals surface area contributed by atoms with Crippen molar-refractivity contribution in [3.63, 3.8) is 0 Å². The first-order valence-corrected chi connectivity index (χ1v) is 8.13. The molecule has 0 bridgehead atoms. The van der Waals surface area contributed by atoms with Gasteiger partial charge in [-0.15, -0.1) is 0 Å². The molecule has 1 unspecified atom stereocenters. The van der Waals surface area contributed by atoms with E-state index < -0.39 is 0 Å². The molecule has 0 fully saturated rings. The van der Waals surface area contributed by atoms with E-state index in [0.29, 0.717) is 11.3 Å². The van der Waals surface area contributed by atoms with Crippen molar-refractivity contribution in [2.45, 2.75) is 33.3 Å². The maximum absolute atomic E-state index is 12.4. The summed E-state index contributed by atoms with van der Waals surface area (Å²) in [5.41, 5.74) is 2.46. The zero-order chi connectivity index (χ0) is 16.1. The van der Waals surface area contributed by atoms with Crippen LogP contribution in [0.4, 0.5) is 5.69 Å². The van der Waals surface area contributed by atoms with Crippen LogP contribution in [-0.2, 0) is 0 Å². The summed E-state index contributed by atoms with van der Waals surface area (Å²) in [7, 11) is 0. The third-order valence-electron chi connectivity index (χ3n) is 3.38. The molecule has 2 rings (SSSR count). The predicted octanol–water partition coefficient (Wildman–Crippen LogP) is 5.19. The Morgan fingerprint density at radius 3 is 2.73 bits per heavy atom. The summed E-state index contributed by atoms with van der Waals surface area (Å²) in [5.74, 6) is 0.559. The number of anilines is 1. The Labute approximate surface area is 139 Å². The second-order valence-corrected chi connectivity index (χ2v) is 6.16. The molecule has 0 saturated heterocycles. The van der Waals surface area contributed by atoms with Crippen LogP contribution in [0.1, 0.15) is 36.2 Å². The molecule has 22 heavy (non-hydrogen) atoms. The molecule has 0 saturated carbocycles. The standard InChI is InChI=1S/C18H20BrNO2/c1-4-13(3)22-15-7-5-6-14(11-15)18(21)20-17-9-8-12(2)10-16(17)19/h5-11,13H,4H2,1-3H3,(H,20,21). The lowest BCUT2D eigenvalue weighted by Gasteiger charge is -2.13. The highest BCUT2D eigenvalue weighted by Crippen LogP contribution is 2.24. The van der Waals surface area contributed by atoms with E-state index in [9.17, 15) is 4.79 Å². The Balaban J connectivity index is 2.14. The number of hydrogen-bond acceptors (Lipinski definition) is 2. The Hall–Kier alpha value is -1.81. The number of benzene rings is 2. The van der Waals surface area contributed by atoms with Gasteiger partial charge >= 0.3 is 0 Å². The lowest BCUT2D eigenvalue weighted by Crippen LogP contribution is -2.14. The van der Waals surface area contributed by atoms with Crippen LogP contribution in [0.15, 0.2) is 46.9 Å². The Morgan fingerprint density at radius 1 is 1.27 bits per heavy atom. The third kappa shape index (κ3) is 4.34. The quantitative estimate of drug-likeness (QED) is 0.795. The van der Waals surface area contributed by atoms with E-state index in [4.69, 9.17) is 4.74 Å². The molecule has 0 heterocycles. The van der Waals surface area contributed by atoms with Gasteiger partial charge in [-0.05, 0) is 72.1 Å². The average Bonchev–Trinajstić information content (AvgIpc) is 2.50. The molecule has 0 radical (unpaired) electrons. The van der Waals surface area contributed by atoms with Crippen LogP contribution < -0.4 is 10.1 Å². The minimum absolute atomic E-state index is 0.129. The number of rotatable bonds is 5. The molecule has 4 heteroatoms. The lowest BCUT2D eigenvalue weighted by atomic mass is 10.2. The molecule has 0 spiro atoms. The SMILES string of the molecule is CCC(C)Oc1cccc(C(=O)Nc2ccc(C)cc2Br)c1. The molecule has 1 amide bonds. The minimum atomic E-state index is -0.154. The van der Waals surface area contributed by atoms with Crippen molar-refractivity contribution >= 4 is 27.5 Å². The van der Waals surface area contributed by atoms with E-state index in [0.717, 1.165) is 22.1 Å². The van der Waals surface area contributed by atoms with Gasteiger partial charge in [-0.1, -0.05) is 19.1 Å². The van der Waals surface area contributed by atoms with E-state index >= 15 is 0 Å². The van der Waals surface area contributed by atoms with Crippen LogP contribution in [0, 0.1) is 6.92 Å². The van der Waals surface area contributed by atoms with E-state index in [1.165, 1.54) is 0 Å². The van der Waals surface area contributed by atoms with Crippen molar-refractivity contribution in [2.24, 2.45) is 0 Å². The van der Waals surface area contributed by atoms with Gasteiger partial charge in [0.15, 0.2) is 0 Å². The monoisotopic (exact) mass is 361 g/mol. The van der Waals surface area contributed by atoms with Crippen LogP contribution in [0.2, 0.25) is 0 Å². The number of nitrogens with one attached hydrogen (secondary N) is 1. The minimum Gasteiger partial charge on any atom is -0.491 e. The van der Waals surface area contributed by atoms with E-state index in [-0.39, 0.29) is 12.0 Å². The summed E-state index contributed by atoms with van der Waals surface area (Å²) in [5, 5.41) is 2.91. The van der Waals surface area contributed by atoms with Crippen molar-refractivity contribution in [2.75, 3.05) is 5.32 Å². The fourth-order valence-electron chi connectivity index (χ4n) is 1.94. The van der Waals surface area contributed by atoms with Crippen LogP contribution in [-0.4, -0.2) is 12.0 Å². The molecule has 0 aliphatic carbocycles. The number of ether oxygens (including phenoxy) is 1. The molecule has 116 valence electrons. The number of amides is 1. The van der Waals surface area contributed by atoms with Gasteiger partial charge in [0.2, 0.25) is 0 Å². The molecule has 1 atom stereocenters. The molecule has 0 aromatic heterocycles. The van der Waals surface area contributed by atoms with Gasteiger partial charge in [0.1, 0.15) is 5.75 Å². The second kappa shape index (κ2) is 7.45. The van der Waals surface area contributed by atoms with Crippen molar-refractivity contribution in [3.8, 4) is 5.75 Å². The van der Waals surface area contributed by atoms with Gasteiger partial charge < -0.3 is 10.1 Å². The summed E-state index contributed by atoms with van der Waals surface area (Å²) in [6.07, 6.45) is 1.05. The molecule has 2 aromatic carbocycles. The maximum atomic E-state index is 12.4. The number of carbonyl (C=O) groups is 1. The van der Waals surface area contributed by atoms with Crippen LogP contribution in [0.5, 0.6) is 5.75 Å². The molecule has 1 N–H and O–H groups in total. The van der Waals surface area contributed by atoms with E-state index in [1.54, 1.807) is 12.1 Å². The third-order valence-corrected chi connectivity index (χ3v) is 4.04. The highest BCUT2D eigenvalue weighted by atomic mass is 79.9.